The fourth-order valence-electron chi connectivity index (χ4n) is 0.971. The molecule has 0 fully saturated rings. The molecule has 0 spiro atoms. The van der Waals surface area contributed by atoms with Gasteiger partial charge in [0.2, 0.25) is 0 Å². The molecule has 0 aromatic carbocycles. The van der Waals surface area contributed by atoms with Crippen molar-refractivity contribution in [3.05, 3.63) is 12.7 Å². The fourth-order valence-corrected chi connectivity index (χ4v) is 0.971. The first-order valence-corrected chi connectivity index (χ1v) is 3.82. The molecule has 0 heterocycles. The highest BCUT2D eigenvalue weighted by Gasteiger charge is 2.20. The average molecular weight is 156 g/mol. The second-order valence-electron chi connectivity index (χ2n) is 2.90. The minimum absolute atomic E-state index is 0.0301. The van der Waals surface area contributed by atoms with E-state index in [1.54, 1.807) is 6.08 Å². The number of hydrogen-bond acceptors (Lipinski definition) is 2. The van der Waals surface area contributed by atoms with Crippen LogP contribution in [-0.4, -0.2) is 13.1 Å². The van der Waals surface area contributed by atoms with Crippen LogP contribution in [-0.2, 0) is 9.53 Å². The first-order valence-electron chi connectivity index (χ1n) is 3.82. The molecule has 11 heavy (non-hydrogen) atoms. The van der Waals surface area contributed by atoms with Crippen LogP contribution in [0.15, 0.2) is 12.7 Å². The number of hydrogen-bond donors (Lipinski definition) is 0. The van der Waals surface area contributed by atoms with Gasteiger partial charge in [-0.2, -0.15) is 0 Å². The summed E-state index contributed by atoms with van der Waals surface area (Å²) in [7, 11) is 1.42. The Morgan fingerprint density at radius 2 is 2.18 bits per heavy atom. The van der Waals surface area contributed by atoms with E-state index in [2.05, 4.69) is 11.3 Å². The molecule has 0 aliphatic heterocycles. The number of methoxy groups -OCH3 is 1. The van der Waals surface area contributed by atoms with Crippen LogP contribution in [0.1, 0.15) is 20.3 Å². The number of ether oxygens (including phenoxy) is 1. The molecule has 2 heteroatoms. The van der Waals surface area contributed by atoms with E-state index < -0.39 is 0 Å². The lowest BCUT2D eigenvalue weighted by Crippen LogP contribution is -2.20. The molecule has 0 aromatic rings. The molecule has 0 bridgehead atoms. The Balaban J connectivity index is 4.08. The molecule has 64 valence electrons. The van der Waals surface area contributed by atoms with E-state index >= 15 is 0 Å². The van der Waals surface area contributed by atoms with Crippen LogP contribution in [0.5, 0.6) is 0 Å². The quantitative estimate of drug-likeness (QED) is 0.459. The Kier molecular flexibility index (Phi) is 4.59. The number of carbonyl (C=O) groups is 1. The second-order valence-corrected chi connectivity index (χ2v) is 2.90. The van der Waals surface area contributed by atoms with Gasteiger partial charge < -0.3 is 4.74 Å². The van der Waals surface area contributed by atoms with Crippen LogP contribution in [0.3, 0.4) is 0 Å². The molecule has 0 N–H and O–H groups in total. The highest BCUT2D eigenvalue weighted by Crippen LogP contribution is 2.16. The second kappa shape index (κ2) is 4.94. The minimum Gasteiger partial charge on any atom is -0.469 e. The number of carbonyl (C=O) groups excluding carboxylic acids is 1. The van der Waals surface area contributed by atoms with Crippen LogP contribution < -0.4 is 0 Å². The predicted octanol–water partition coefficient (Wildman–Crippen LogP) is 2.01. The van der Waals surface area contributed by atoms with Crippen molar-refractivity contribution in [1.29, 1.82) is 0 Å². The zero-order valence-electron chi connectivity index (χ0n) is 7.46. The lowest BCUT2D eigenvalue weighted by atomic mass is 9.93. The topological polar surface area (TPSA) is 26.3 Å². The molecule has 0 radical (unpaired) electrons. The van der Waals surface area contributed by atoms with Crippen molar-refractivity contribution < 1.29 is 9.53 Å². The van der Waals surface area contributed by atoms with Crippen LogP contribution in [0.4, 0.5) is 0 Å². The Bertz CT molecular complexity index is 138. The van der Waals surface area contributed by atoms with Gasteiger partial charge in [0.15, 0.2) is 0 Å². The summed E-state index contributed by atoms with van der Waals surface area (Å²) in [6.07, 6.45) is 2.45. The monoisotopic (exact) mass is 156 g/mol. The van der Waals surface area contributed by atoms with Crippen molar-refractivity contribution in [1.82, 2.24) is 0 Å². The normalized spacial score (nSPS) is 12.7. The predicted molar refractivity (Wildman–Crippen MR) is 45.2 cm³/mol. The van der Waals surface area contributed by atoms with Gasteiger partial charge in [-0.15, -0.1) is 6.58 Å². The Hall–Kier alpha value is -0.790. The lowest BCUT2D eigenvalue weighted by molar-refractivity contribution is -0.146. The summed E-state index contributed by atoms with van der Waals surface area (Å²) in [4.78, 5) is 11.1. The van der Waals surface area contributed by atoms with Crippen molar-refractivity contribution in [2.75, 3.05) is 7.11 Å². The van der Waals surface area contributed by atoms with E-state index in [1.165, 1.54) is 7.11 Å². The average Bonchev–Trinajstić information content (AvgIpc) is 1.98. The number of allylic oxidation sites excluding steroid dienone is 1. The van der Waals surface area contributed by atoms with Crippen molar-refractivity contribution >= 4 is 5.97 Å². The molecule has 2 nitrogen and oxygen atoms in total. The van der Waals surface area contributed by atoms with Crippen LogP contribution in [0, 0.1) is 11.8 Å². The van der Waals surface area contributed by atoms with Gasteiger partial charge in [0.05, 0.1) is 13.0 Å². The summed E-state index contributed by atoms with van der Waals surface area (Å²) in [5.41, 5.74) is 0. The Labute approximate surface area is 68.2 Å². The third kappa shape index (κ3) is 3.21. The summed E-state index contributed by atoms with van der Waals surface area (Å²) < 4.78 is 4.64. The van der Waals surface area contributed by atoms with Crippen molar-refractivity contribution in [2.45, 2.75) is 20.3 Å². The van der Waals surface area contributed by atoms with E-state index in [0.29, 0.717) is 12.3 Å². The molecule has 0 saturated heterocycles. The molecule has 0 aliphatic rings. The molecule has 0 aliphatic carbocycles. The van der Waals surface area contributed by atoms with Gasteiger partial charge in [0, 0.05) is 0 Å². The van der Waals surface area contributed by atoms with Gasteiger partial charge in [0.1, 0.15) is 0 Å². The van der Waals surface area contributed by atoms with Gasteiger partial charge in [0.25, 0.3) is 0 Å². The molecular formula is C9H16O2. The van der Waals surface area contributed by atoms with Gasteiger partial charge in [-0.25, -0.2) is 0 Å². The van der Waals surface area contributed by atoms with Crippen molar-refractivity contribution in [2.24, 2.45) is 11.8 Å². The molecule has 0 saturated carbocycles. The summed E-state index contributed by atoms with van der Waals surface area (Å²) >= 11 is 0. The maximum atomic E-state index is 11.1. The number of rotatable bonds is 4. The zero-order chi connectivity index (χ0) is 8.85. The van der Waals surface area contributed by atoms with Crippen LogP contribution in [0.2, 0.25) is 0 Å². The maximum Gasteiger partial charge on any atom is 0.309 e. The standard InChI is InChI=1S/C9H16O2/c1-5-6-8(7(2)3)9(10)11-4/h5,7-8H,1,6H2,2-4H3. The lowest BCUT2D eigenvalue weighted by Gasteiger charge is -2.15. The first kappa shape index (κ1) is 10.2. The number of esters is 1. The first-order chi connectivity index (χ1) is 5.13. The smallest absolute Gasteiger partial charge is 0.309 e. The largest absolute Gasteiger partial charge is 0.469 e. The summed E-state index contributed by atoms with van der Waals surface area (Å²) in [5.74, 6) is 0.151. The zero-order valence-corrected chi connectivity index (χ0v) is 7.46. The molecule has 0 rings (SSSR count). The fraction of sp³-hybridized carbons (Fsp3) is 0.667. The highest BCUT2D eigenvalue weighted by molar-refractivity contribution is 5.72. The Morgan fingerprint density at radius 1 is 1.64 bits per heavy atom. The van der Waals surface area contributed by atoms with E-state index in [1.807, 2.05) is 13.8 Å². The van der Waals surface area contributed by atoms with Gasteiger partial charge in [-0.1, -0.05) is 19.9 Å². The van der Waals surface area contributed by atoms with Gasteiger partial charge in [-0.05, 0) is 12.3 Å². The van der Waals surface area contributed by atoms with E-state index in [9.17, 15) is 4.79 Å². The SMILES string of the molecule is C=CCC(C(=O)OC)C(C)C. The van der Waals surface area contributed by atoms with E-state index in [4.69, 9.17) is 0 Å². The minimum atomic E-state index is -0.139. The summed E-state index contributed by atoms with van der Waals surface area (Å²) in [5, 5.41) is 0. The van der Waals surface area contributed by atoms with E-state index in [-0.39, 0.29) is 11.9 Å². The van der Waals surface area contributed by atoms with Crippen LogP contribution >= 0.6 is 0 Å². The summed E-state index contributed by atoms with van der Waals surface area (Å²) in [6, 6.07) is 0. The molecule has 1 atom stereocenters. The van der Waals surface area contributed by atoms with Gasteiger partial charge in [-0.3, -0.25) is 4.79 Å². The van der Waals surface area contributed by atoms with E-state index in [0.717, 1.165) is 0 Å². The van der Waals surface area contributed by atoms with Crippen LogP contribution in [0.25, 0.3) is 0 Å². The maximum absolute atomic E-state index is 11.1. The van der Waals surface area contributed by atoms with Crippen molar-refractivity contribution in [3.63, 3.8) is 0 Å². The molecule has 1 unspecified atom stereocenters. The summed E-state index contributed by atoms with van der Waals surface area (Å²) in [6.45, 7) is 7.60. The third-order valence-corrected chi connectivity index (χ3v) is 1.73. The molecule has 0 aromatic heterocycles. The third-order valence-electron chi connectivity index (χ3n) is 1.73. The Morgan fingerprint density at radius 3 is 2.45 bits per heavy atom. The highest BCUT2D eigenvalue weighted by atomic mass is 16.5. The molecule has 0 amide bonds. The van der Waals surface area contributed by atoms with Gasteiger partial charge >= 0.3 is 5.97 Å². The van der Waals surface area contributed by atoms with Crippen molar-refractivity contribution in [3.8, 4) is 0 Å². The molecular weight excluding hydrogens is 140 g/mol.